The summed E-state index contributed by atoms with van der Waals surface area (Å²) in [5, 5.41) is 0.476. The smallest absolute Gasteiger partial charge is 0.259 e. The van der Waals surface area contributed by atoms with Crippen molar-refractivity contribution < 1.29 is 4.79 Å². The van der Waals surface area contributed by atoms with E-state index in [2.05, 4.69) is 15.0 Å². The highest BCUT2D eigenvalue weighted by Crippen LogP contribution is 2.18. The summed E-state index contributed by atoms with van der Waals surface area (Å²) >= 11 is 0. The predicted octanol–water partition coefficient (Wildman–Crippen LogP) is 1.71. The maximum Gasteiger partial charge on any atom is 0.259 e. The summed E-state index contributed by atoms with van der Waals surface area (Å²) in [6.07, 6.45) is 5.56. The molecule has 4 heterocycles. The van der Waals surface area contributed by atoms with Crippen molar-refractivity contribution >= 4 is 16.9 Å². The first-order chi connectivity index (χ1) is 12.6. The summed E-state index contributed by atoms with van der Waals surface area (Å²) in [7, 11) is 0. The van der Waals surface area contributed by atoms with Gasteiger partial charge in [0.2, 0.25) is 5.43 Å². The molecule has 1 aliphatic rings. The highest BCUT2D eigenvalue weighted by atomic mass is 16.2. The Bertz CT molecular complexity index is 1070. The van der Waals surface area contributed by atoms with Gasteiger partial charge in [0, 0.05) is 49.7 Å². The van der Waals surface area contributed by atoms with E-state index < -0.39 is 0 Å². The molecule has 0 atom stereocenters. The van der Waals surface area contributed by atoms with Gasteiger partial charge in [0.05, 0.1) is 11.1 Å². The van der Waals surface area contributed by atoms with Gasteiger partial charge in [-0.15, -0.1) is 0 Å². The molecule has 0 saturated heterocycles. The Morgan fingerprint density at radius 3 is 2.96 bits per heavy atom. The van der Waals surface area contributed by atoms with Crippen LogP contribution in [0.15, 0.2) is 35.6 Å². The molecular formula is C19H19N5O2. The van der Waals surface area contributed by atoms with Gasteiger partial charge in [-0.05, 0) is 26.0 Å². The Hall–Kier alpha value is -3.09. The van der Waals surface area contributed by atoms with Gasteiger partial charge in [-0.3, -0.25) is 9.59 Å². The first-order valence-electron chi connectivity index (χ1n) is 8.66. The number of nitrogens with zero attached hydrogens (tertiary/aromatic N) is 5. The first-order valence-corrected chi connectivity index (χ1v) is 8.66. The van der Waals surface area contributed by atoms with Crippen molar-refractivity contribution in [3.63, 3.8) is 0 Å². The number of aromatic nitrogens is 4. The molecule has 0 radical (unpaired) electrons. The molecule has 7 heteroatoms. The zero-order chi connectivity index (χ0) is 18.3. The van der Waals surface area contributed by atoms with Gasteiger partial charge in [-0.25, -0.2) is 15.0 Å². The molecule has 1 amide bonds. The molecule has 26 heavy (non-hydrogen) atoms. The SMILES string of the molecule is CCn1cc(C(=O)N2CCc3ncncc3C2)c(=O)c2ccc(C)nc21. The summed E-state index contributed by atoms with van der Waals surface area (Å²) < 4.78 is 1.86. The van der Waals surface area contributed by atoms with Crippen LogP contribution in [0.25, 0.3) is 11.0 Å². The molecule has 0 N–H and O–H groups in total. The van der Waals surface area contributed by atoms with Crippen LogP contribution in [0.2, 0.25) is 0 Å². The van der Waals surface area contributed by atoms with E-state index in [0.29, 0.717) is 37.1 Å². The number of rotatable bonds is 2. The molecule has 0 spiro atoms. The number of carbonyl (C=O) groups is 1. The third kappa shape index (κ3) is 2.65. The van der Waals surface area contributed by atoms with Crippen LogP contribution in [0, 0.1) is 6.92 Å². The van der Waals surface area contributed by atoms with Gasteiger partial charge in [0.25, 0.3) is 5.91 Å². The minimum absolute atomic E-state index is 0.185. The van der Waals surface area contributed by atoms with Crippen molar-refractivity contribution in [2.75, 3.05) is 6.54 Å². The van der Waals surface area contributed by atoms with Crippen LogP contribution in [-0.4, -0.2) is 36.9 Å². The minimum atomic E-state index is -0.266. The highest BCUT2D eigenvalue weighted by molar-refractivity contribution is 5.97. The van der Waals surface area contributed by atoms with Crippen LogP contribution in [0.4, 0.5) is 0 Å². The zero-order valence-electron chi connectivity index (χ0n) is 14.8. The number of hydrogen-bond donors (Lipinski definition) is 0. The van der Waals surface area contributed by atoms with Crippen molar-refractivity contribution in [3.05, 3.63) is 63.6 Å². The van der Waals surface area contributed by atoms with Crippen LogP contribution in [-0.2, 0) is 19.5 Å². The summed E-state index contributed by atoms with van der Waals surface area (Å²) in [5.41, 5.74) is 3.27. The quantitative estimate of drug-likeness (QED) is 0.704. The zero-order valence-corrected chi connectivity index (χ0v) is 14.8. The molecular weight excluding hydrogens is 330 g/mol. The third-order valence-corrected chi connectivity index (χ3v) is 4.78. The fraction of sp³-hybridized carbons (Fsp3) is 0.316. The number of hydrogen-bond acceptors (Lipinski definition) is 5. The fourth-order valence-corrected chi connectivity index (χ4v) is 3.36. The summed E-state index contributed by atoms with van der Waals surface area (Å²) in [6, 6.07) is 3.55. The van der Waals surface area contributed by atoms with E-state index in [9.17, 15) is 9.59 Å². The normalized spacial score (nSPS) is 13.7. The van der Waals surface area contributed by atoms with Crippen LogP contribution in [0.1, 0.15) is 34.2 Å². The van der Waals surface area contributed by atoms with Crippen LogP contribution in [0.3, 0.4) is 0 Å². The number of carbonyl (C=O) groups excluding carboxylic acids is 1. The molecule has 1 aliphatic heterocycles. The second-order valence-electron chi connectivity index (χ2n) is 6.45. The molecule has 0 fully saturated rings. The lowest BCUT2D eigenvalue weighted by Gasteiger charge is -2.28. The van der Waals surface area contributed by atoms with E-state index in [1.54, 1.807) is 29.4 Å². The second-order valence-corrected chi connectivity index (χ2v) is 6.45. The lowest BCUT2D eigenvalue weighted by molar-refractivity contribution is 0.0731. The molecule has 0 unspecified atom stereocenters. The monoisotopic (exact) mass is 349 g/mol. The molecule has 3 aromatic heterocycles. The van der Waals surface area contributed by atoms with Gasteiger partial charge in [0.15, 0.2) is 0 Å². The van der Waals surface area contributed by atoms with Crippen LogP contribution >= 0.6 is 0 Å². The number of fused-ring (bicyclic) bond motifs is 2. The minimum Gasteiger partial charge on any atom is -0.334 e. The number of pyridine rings is 2. The first kappa shape index (κ1) is 16.4. The van der Waals surface area contributed by atoms with Crippen molar-refractivity contribution in [1.82, 2.24) is 24.4 Å². The maximum absolute atomic E-state index is 13.1. The average molecular weight is 349 g/mol. The molecule has 3 aromatic rings. The molecule has 0 aromatic carbocycles. The topological polar surface area (TPSA) is 81.0 Å². The second kappa shape index (κ2) is 6.33. The Morgan fingerprint density at radius 1 is 1.31 bits per heavy atom. The molecule has 0 bridgehead atoms. The third-order valence-electron chi connectivity index (χ3n) is 4.78. The van der Waals surface area contributed by atoms with E-state index >= 15 is 0 Å². The standard InChI is InChI=1S/C19H19N5O2/c1-3-23-10-15(17(25)14-5-4-12(2)22-18(14)23)19(26)24-7-6-16-13(9-24)8-20-11-21-16/h4-5,8,10-11H,3,6-7,9H2,1-2H3. The molecule has 4 rings (SSSR count). The Balaban J connectivity index is 1.77. The Labute approximate surface area is 150 Å². The summed E-state index contributed by atoms with van der Waals surface area (Å²) in [4.78, 5) is 40.4. The van der Waals surface area contributed by atoms with Crippen molar-refractivity contribution in [1.29, 1.82) is 0 Å². The Kier molecular flexibility index (Phi) is 3.99. The van der Waals surface area contributed by atoms with Crippen molar-refractivity contribution in [2.24, 2.45) is 0 Å². The van der Waals surface area contributed by atoms with Crippen molar-refractivity contribution in [2.45, 2.75) is 33.4 Å². The van der Waals surface area contributed by atoms with Crippen LogP contribution < -0.4 is 5.43 Å². The summed E-state index contributed by atoms with van der Waals surface area (Å²) in [5.74, 6) is -0.255. The number of amides is 1. The molecule has 7 nitrogen and oxygen atoms in total. The lowest BCUT2D eigenvalue weighted by atomic mass is 10.1. The molecule has 0 saturated carbocycles. The van der Waals surface area contributed by atoms with E-state index in [4.69, 9.17) is 0 Å². The number of aryl methyl sites for hydroxylation is 2. The van der Waals surface area contributed by atoms with Gasteiger partial charge < -0.3 is 9.47 Å². The van der Waals surface area contributed by atoms with E-state index in [1.807, 2.05) is 18.4 Å². The van der Waals surface area contributed by atoms with E-state index in [0.717, 1.165) is 17.0 Å². The van der Waals surface area contributed by atoms with Gasteiger partial charge in [-0.2, -0.15) is 0 Å². The molecule has 0 aliphatic carbocycles. The van der Waals surface area contributed by atoms with Gasteiger partial charge in [0.1, 0.15) is 17.5 Å². The van der Waals surface area contributed by atoms with E-state index in [-0.39, 0.29) is 16.9 Å². The van der Waals surface area contributed by atoms with Crippen molar-refractivity contribution in [3.8, 4) is 0 Å². The fourth-order valence-electron chi connectivity index (χ4n) is 3.36. The average Bonchev–Trinajstić information content (AvgIpc) is 2.67. The van der Waals surface area contributed by atoms with Crippen LogP contribution in [0.5, 0.6) is 0 Å². The lowest BCUT2D eigenvalue weighted by Crippen LogP contribution is -2.39. The van der Waals surface area contributed by atoms with E-state index in [1.165, 1.54) is 6.33 Å². The largest absolute Gasteiger partial charge is 0.334 e. The predicted molar refractivity (Wildman–Crippen MR) is 96.9 cm³/mol. The summed E-state index contributed by atoms with van der Waals surface area (Å²) in [6.45, 7) is 5.44. The maximum atomic E-state index is 13.1. The van der Waals surface area contributed by atoms with Gasteiger partial charge >= 0.3 is 0 Å². The van der Waals surface area contributed by atoms with Gasteiger partial charge in [-0.1, -0.05) is 0 Å². The molecule has 132 valence electrons. The highest BCUT2D eigenvalue weighted by Gasteiger charge is 2.25. The Morgan fingerprint density at radius 2 is 2.15 bits per heavy atom.